The van der Waals surface area contributed by atoms with Crippen LogP contribution in [-0.4, -0.2) is 9.97 Å². The number of benzene rings is 5. The summed E-state index contributed by atoms with van der Waals surface area (Å²) >= 11 is 0. The zero-order chi connectivity index (χ0) is 39.1. The molecule has 8 rings (SSSR count). The molecule has 0 saturated heterocycles. The van der Waals surface area contributed by atoms with Gasteiger partial charge in [0.2, 0.25) is 0 Å². The second kappa shape index (κ2) is 14.5. The SMILES string of the molecule is Cc1cnc(-c2[c-]cc(-c3cccc4c3ccc3oc5ccccc5c34)cc2)cc1CC(C)(C)C.[2H]C([2H])([2H])c1c[c-]c(-c2ccc(C([2H])([2H])[2H])cn2)cc1.[Ir]. The number of nitrogens with zero attached hydrogens (tertiary/aromatic N) is 2. The Morgan fingerprint density at radius 3 is 2.14 bits per heavy atom. The van der Waals surface area contributed by atoms with Crippen LogP contribution in [0.4, 0.5) is 0 Å². The number of hydrogen-bond acceptors (Lipinski definition) is 3. The molecule has 3 heterocycles. The molecule has 0 amide bonds. The van der Waals surface area contributed by atoms with E-state index in [1.54, 1.807) is 12.1 Å². The molecular weight excluding hydrogens is 789 g/mol. The van der Waals surface area contributed by atoms with Crippen molar-refractivity contribution < 1.29 is 32.7 Å². The number of para-hydroxylation sites is 1. The summed E-state index contributed by atoms with van der Waals surface area (Å²) < 4.78 is 49.7. The van der Waals surface area contributed by atoms with Gasteiger partial charge in [-0.05, 0) is 71.0 Å². The molecular formula is C46H40IrN2O-2. The summed E-state index contributed by atoms with van der Waals surface area (Å²) in [6.07, 6.45) is 4.32. The Morgan fingerprint density at radius 2 is 1.42 bits per heavy atom. The van der Waals surface area contributed by atoms with Crippen LogP contribution in [0.15, 0.2) is 126 Å². The van der Waals surface area contributed by atoms with Crippen molar-refractivity contribution in [2.75, 3.05) is 0 Å². The molecule has 0 aliphatic heterocycles. The molecule has 4 heteroatoms. The number of pyridine rings is 2. The summed E-state index contributed by atoms with van der Waals surface area (Å²) in [6.45, 7) is 4.63. The van der Waals surface area contributed by atoms with Gasteiger partial charge in [0, 0.05) is 51.5 Å². The van der Waals surface area contributed by atoms with Gasteiger partial charge in [0.1, 0.15) is 11.2 Å². The van der Waals surface area contributed by atoms with Gasteiger partial charge in [-0.2, -0.15) is 0 Å². The van der Waals surface area contributed by atoms with Crippen LogP contribution >= 0.6 is 0 Å². The van der Waals surface area contributed by atoms with Gasteiger partial charge >= 0.3 is 0 Å². The van der Waals surface area contributed by atoms with Crippen molar-refractivity contribution in [2.24, 2.45) is 5.41 Å². The summed E-state index contributed by atoms with van der Waals surface area (Å²) in [5.41, 5.74) is 10.6. The van der Waals surface area contributed by atoms with Crippen LogP contribution in [-0.2, 0) is 26.5 Å². The molecule has 0 aliphatic rings. The Kier molecular flexibility index (Phi) is 8.10. The van der Waals surface area contributed by atoms with Crippen molar-refractivity contribution in [1.29, 1.82) is 0 Å². The van der Waals surface area contributed by atoms with Crippen LogP contribution in [0.25, 0.3) is 66.4 Å². The fraction of sp³-hybridized carbons (Fsp3) is 0.174. The van der Waals surface area contributed by atoms with Crippen LogP contribution in [0.5, 0.6) is 0 Å². The quantitative estimate of drug-likeness (QED) is 0.166. The molecule has 0 spiro atoms. The number of fused-ring (bicyclic) bond motifs is 5. The molecule has 8 aromatic rings. The third-order valence-corrected chi connectivity index (χ3v) is 8.59. The first-order valence-electron chi connectivity index (χ1n) is 19.4. The van der Waals surface area contributed by atoms with Crippen LogP contribution in [0.3, 0.4) is 0 Å². The summed E-state index contributed by atoms with van der Waals surface area (Å²) in [5.74, 6) is 0. The van der Waals surface area contributed by atoms with E-state index in [0.29, 0.717) is 11.3 Å². The van der Waals surface area contributed by atoms with E-state index in [4.69, 9.17) is 17.6 Å². The summed E-state index contributed by atoms with van der Waals surface area (Å²) in [7, 11) is 0. The number of furan rings is 1. The molecule has 5 aromatic carbocycles. The largest absolute Gasteiger partial charge is 0.456 e. The number of rotatable bonds is 4. The minimum Gasteiger partial charge on any atom is -0.456 e. The van der Waals surface area contributed by atoms with E-state index in [0.717, 1.165) is 39.8 Å². The van der Waals surface area contributed by atoms with Crippen LogP contribution in [0.1, 0.15) is 51.2 Å². The zero-order valence-electron chi connectivity index (χ0n) is 34.4. The molecule has 0 aliphatic carbocycles. The molecule has 0 atom stereocenters. The Balaban J connectivity index is 0.000000217. The first-order chi connectivity index (χ1) is 26.0. The van der Waals surface area contributed by atoms with Crippen molar-refractivity contribution in [2.45, 2.75) is 47.8 Å². The zero-order valence-corrected chi connectivity index (χ0v) is 30.8. The Labute approximate surface area is 317 Å². The van der Waals surface area contributed by atoms with Gasteiger partial charge in [0.15, 0.2) is 0 Å². The molecule has 50 heavy (non-hydrogen) atoms. The van der Waals surface area contributed by atoms with Crippen molar-refractivity contribution in [1.82, 2.24) is 9.97 Å². The van der Waals surface area contributed by atoms with Crippen LogP contribution in [0.2, 0.25) is 0 Å². The predicted octanol–water partition coefficient (Wildman–Crippen LogP) is 12.3. The van der Waals surface area contributed by atoms with E-state index >= 15 is 0 Å². The number of aryl methyl sites for hydroxylation is 3. The van der Waals surface area contributed by atoms with E-state index in [2.05, 4.69) is 112 Å². The molecule has 0 fully saturated rings. The Bertz CT molecular complexity index is 2570. The molecule has 0 N–H and O–H groups in total. The average Bonchev–Trinajstić information content (AvgIpc) is 3.54. The summed E-state index contributed by atoms with van der Waals surface area (Å²) in [6, 6.07) is 41.6. The maximum Gasteiger partial charge on any atom is 0.136 e. The normalized spacial score (nSPS) is 13.6. The molecule has 1 radical (unpaired) electrons. The standard InChI is InChI=1S/C33H28NO.C13H12N.Ir/c1-21-20-34-29(18-24(21)19-33(2,3)4)23-14-12-22(13-15-23)25-9-7-10-27-26(25)16-17-31-32(27)28-8-5-6-11-30(28)35-31;1-10-3-6-12(7-4-10)13-8-5-11(2)9-14-13;/h5-14,16-18,20H,19H2,1-4H3;3-6,8-9H,1-2H3;/q2*-1;/i;1D3,2D3;. The first kappa shape index (κ1) is 27.9. The second-order valence-electron chi connectivity index (χ2n) is 13.6. The monoisotopic (exact) mass is 835 g/mol. The van der Waals surface area contributed by atoms with Crippen LogP contribution < -0.4 is 0 Å². The van der Waals surface area contributed by atoms with Gasteiger partial charge in [-0.3, -0.25) is 0 Å². The topological polar surface area (TPSA) is 38.9 Å². The van der Waals surface area contributed by atoms with E-state index in [-0.39, 0.29) is 36.6 Å². The minimum absolute atomic E-state index is 0. The van der Waals surface area contributed by atoms with Crippen LogP contribution in [0, 0.1) is 38.2 Å². The fourth-order valence-corrected chi connectivity index (χ4v) is 6.20. The third kappa shape index (κ3) is 7.48. The number of aromatic nitrogens is 2. The summed E-state index contributed by atoms with van der Waals surface area (Å²) in [4.78, 5) is 8.78. The van der Waals surface area contributed by atoms with Gasteiger partial charge in [-0.1, -0.05) is 105 Å². The first-order valence-corrected chi connectivity index (χ1v) is 16.4. The predicted molar refractivity (Wildman–Crippen MR) is 205 cm³/mol. The molecule has 0 bridgehead atoms. The van der Waals surface area contributed by atoms with E-state index < -0.39 is 13.7 Å². The minimum atomic E-state index is -2.18. The maximum absolute atomic E-state index is 7.28. The van der Waals surface area contributed by atoms with Crippen molar-refractivity contribution in [3.63, 3.8) is 0 Å². The molecule has 3 nitrogen and oxygen atoms in total. The van der Waals surface area contributed by atoms with Crippen molar-refractivity contribution in [3.8, 4) is 33.6 Å². The van der Waals surface area contributed by atoms with Gasteiger partial charge in [-0.25, -0.2) is 0 Å². The number of hydrogen-bond donors (Lipinski definition) is 0. The van der Waals surface area contributed by atoms with Gasteiger partial charge < -0.3 is 14.4 Å². The van der Waals surface area contributed by atoms with E-state index in [1.165, 1.54) is 57.2 Å². The second-order valence-corrected chi connectivity index (χ2v) is 13.6. The van der Waals surface area contributed by atoms with Gasteiger partial charge in [0.25, 0.3) is 0 Å². The molecule has 251 valence electrons. The van der Waals surface area contributed by atoms with Gasteiger partial charge in [-0.15, -0.1) is 65.2 Å². The molecule has 3 aromatic heterocycles. The van der Waals surface area contributed by atoms with E-state index in [9.17, 15) is 0 Å². The molecule has 0 saturated carbocycles. The smallest absolute Gasteiger partial charge is 0.136 e. The third-order valence-electron chi connectivity index (χ3n) is 8.59. The maximum atomic E-state index is 7.28. The van der Waals surface area contributed by atoms with E-state index in [1.807, 2.05) is 18.3 Å². The Morgan fingerprint density at radius 1 is 0.680 bits per heavy atom. The van der Waals surface area contributed by atoms with Gasteiger partial charge in [0.05, 0.1) is 0 Å². The average molecular weight is 835 g/mol. The molecule has 0 unspecified atom stereocenters. The summed E-state index contributed by atoms with van der Waals surface area (Å²) in [5, 5.41) is 4.76. The van der Waals surface area contributed by atoms with Crippen molar-refractivity contribution >= 4 is 32.7 Å². The Hall–Kier alpha value is -4.89. The van der Waals surface area contributed by atoms with Crippen molar-refractivity contribution in [3.05, 3.63) is 156 Å². The fourth-order valence-electron chi connectivity index (χ4n) is 6.20.